The molecule has 21 heavy (non-hydrogen) atoms. The average Bonchev–Trinajstić information content (AvgIpc) is 2.47. The summed E-state index contributed by atoms with van der Waals surface area (Å²) in [6, 6.07) is 15.3. The number of pyridine rings is 1. The standard InChI is InChI=1S/C17H16N2OS/c1-17(2,3)16(20)21-15-13(11-18)9-10-14(19-15)12-7-5-4-6-8-12/h4-10H,1-3H3. The summed E-state index contributed by atoms with van der Waals surface area (Å²) in [5.74, 6) is 0. The molecule has 4 heteroatoms. The first-order chi connectivity index (χ1) is 9.91. The maximum atomic E-state index is 12.2. The van der Waals surface area contributed by atoms with E-state index in [-0.39, 0.29) is 5.12 Å². The first kappa shape index (κ1) is 15.3. The first-order valence-electron chi connectivity index (χ1n) is 6.60. The molecule has 0 radical (unpaired) electrons. The fourth-order valence-electron chi connectivity index (χ4n) is 1.61. The van der Waals surface area contributed by atoms with Crippen LogP contribution < -0.4 is 0 Å². The van der Waals surface area contributed by atoms with E-state index in [1.165, 1.54) is 0 Å². The molecule has 0 atom stereocenters. The van der Waals surface area contributed by atoms with Gasteiger partial charge in [-0.05, 0) is 23.9 Å². The molecular formula is C17H16N2OS. The topological polar surface area (TPSA) is 53.8 Å². The summed E-state index contributed by atoms with van der Waals surface area (Å²) in [6.45, 7) is 5.57. The molecule has 0 aliphatic carbocycles. The zero-order valence-corrected chi connectivity index (χ0v) is 13.1. The van der Waals surface area contributed by atoms with E-state index in [4.69, 9.17) is 0 Å². The van der Waals surface area contributed by atoms with Gasteiger partial charge in [-0.3, -0.25) is 4.79 Å². The van der Waals surface area contributed by atoms with Crippen LogP contribution in [0.3, 0.4) is 0 Å². The Labute approximate surface area is 129 Å². The van der Waals surface area contributed by atoms with E-state index in [1.807, 2.05) is 51.1 Å². The third-order valence-corrected chi connectivity index (χ3v) is 4.15. The van der Waals surface area contributed by atoms with Crippen LogP contribution in [0.15, 0.2) is 47.5 Å². The number of nitrogens with zero attached hydrogens (tertiary/aromatic N) is 2. The van der Waals surface area contributed by atoms with Crippen molar-refractivity contribution < 1.29 is 4.79 Å². The van der Waals surface area contributed by atoms with Crippen molar-refractivity contribution in [3.8, 4) is 17.3 Å². The van der Waals surface area contributed by atoms with Crippen LogP contribution in [0, 0.1) is 16.7 Å². The fraction of sp³-hybridized carbons (Fsp3) is 0.235. The molecule has 0 spiro atoms. The van der Waals surface area contributed by atoms with Crippen LogP contribution in [0.2, 0.25) is 0 Å². The second kappa shape index (κ2) is 6.11. The number of carbonyl (C=O) groups excluding carboxylic acids is 1. The van der Waals surface area contributed by atoms with Crippen molar-refractivity contribution in [3.05, 3.63) is 48.0 Å². The number of hydrogen-bond donors (Lipinski definition) is 0. The molecule has 0 saturated carbocycles. The van der Waals surface area contributed by atoms with Crippen molar-refractivity contribution in [2.45, 2.75) is 25.8 Å². The van der Waals surface area contributed by atoms with Gasteiger partial charge in [0.2, 0.25) is 5.12 Å². The largest absolute Gasteiger partial charge is 0.286 e. The van der Waals surface area contributed by atoms with Gasteiger partial charge in [-0.25, -0.2) is 4.98 Å². The summed E-state index contributed by atoms with van der Waals surface area (Å²) in [4.78, 5) is 16.7. The van der Waals surface area contributed by atoms with Gasteiger partial charge in [0.25, 0.3) is 0 Å². The smallest absolute Gasteiger partial charge is 0.200 e. The van der Waals surface area contributed by atoms with Crippen LogP contribution in [0.4, 0.5) is 0 Å². The predicted molar refractivity (Wildman–Crippen MR) is 84.7 cm³/mol. The van der Waals surface area contributed by atoms with Crippen LogP contribution in [-0.2, 0) is 4.79 Å². The Morgan fingerprint density at radius 2 is 1.81 bits per heavy atom. The van der Waals surface area contributed by atoms with E-state index in [1.54, 1.807) is 12.1 Å². The molecule has 0 bridgehead atoms. The van der Waals surface area contributed by atoms with Crippen molar-refractivity contribution in [2.75, 3.05) is 0 Å². The highest BCUT2D eigenvalue weighted by Crippen LogP contribution is 2.31. The number of aromatic nitrogens is 1. The lowest BCUT2D eigenvalue weighted by molar-refractivity contribution is -0.117. The molecule has 106 valence electrons. The summed E-state index contributed by atoms with van der Waals surface area (Å²) < 4.78 is 0. The van der Waals surface area contributed by atoms with Crippen molar-refractivity contribution >= 4 is 16.9 Å². The second-order valence-electron chi connectivity index (χ2n) is 5.67. The summed E-state index contributed by atoms with van der Waals surface area (Å²) in [6.07, 6.45) is 0. The maximum Gasteiger partial charge on any atom is 0.200 e. The zero-order chi connectivity index (χ0) is 15.5. The van der Waals surface area contributed by atoms with Gasteiger partial charge in [-0.2, -0.15) is 5.26 Å². The van der Waals surface area contributed by atoms with Crippen molar-refractivity contribution in [3.63, 3.8) is 0 Å². The van der Waals surface area contributed by atoms with E-state index in [0.717, 1.165) is 23.0 Å². The van der Waals surface area contributed by atoms with Crippen LogP contribution in [0.1, 0.15) is 26.3 Å². The molecule has 0 aliphatic rings. The molecule has 0 fully saturated rings. The molecule has 3 nitrogen and oxygen atoms in total. The Balaban J connectivity index is 2.40. The van der Waals surface area contributed by atoms with Crippen molar-refractivity contribution in [2.24, 2.45) is 5.41 Å². The highest BCUT2D eigenvalue weighted by atomic mass is 32.2. The van der Waals surface area contributed by atoms with Gasteiger partial charge < -0.3 is 0 Å². The molecule has 0 unspecified atom stereocenters. The number of thioether (sulfide) groups is 1. The number of benzene rings is 1. The average molecular weight is 296 g/mol. The molecule has 0 N–H and O–H groups in total. The summed E-state index contributed by atoms with van der Waals surface area (Å²) in [7, 11) is 0. The highest BCUT2D eigenvalue weighted by molar-refractivity contribution is 8.13. The van der Waals surface area contributed by atoms with Gasteiger partial charge in [-0.15, -0.1) is 0 Å². The third kappa shape index (κ3) is 3.71. The van der Waals surface area contributed by atoms with E-state index >= 15 is 0 Å². The fourth-order valence-corrected chi connectivity index (χ4v) is 2.46. The second-order valence-corrected chi connectivity index (χ2v) is 6.63. The molecule has 2 rings (SSSR count). The van der Waals surface area contributed by atoms with Crippen LogP contribution in [-0.4, -0.2) is 10.1 Å². The van der Waals surface area contributed by atoms with E-state index < -0.39 is 5.41 Å². The first-order valence-corrected chi connectivity index (χ1v) is 7.42. The van der Waals surface area contributed by atoms with Gasteiger partial charge in [0.1, 0.15) is 11.1 Å². The number of hydrogen-bond acceptors (Lipinski definition) is 4. The highest BCUT2D eigenvalue weighted by Gasteiger charge is 2.24. The van der Waals surface area contributed by atoms with Crippen molar-refractivity contribution in [1.82, 2.24) is 4.98 Å². The molecule has 0 saturated heterocycles. The van der Waals surface area contributed by atoms with Gasteiger partial charge in [-0.1, -0.05) is 51.1 Å². The predicted octanol–water partition coefficient (Wildman–Crippen LogP) is 4.29. The SMILES string of the molecule is CC(C)(C)C(=O)Sc1nc(-c2ccccc2)ccc1C#N. The Kier molecular flexibility index (Phi) is 4.44. The molecule has 0 aliphatic heterocycles. The van der Waals surface area contributed by atoms with Gasteiger partial charge in [0.05, 0.1) is 11.3 Å². The van der Waals surface area contributed by atoms with Gasteiger partial charge >= 0.3 is 0 Å². The van der Waals surface area contributed by atoms with Crippen LogP contribution >= 0.6 is 11.8 Å². The van der Waals surface area contributed by atoms with Crippen LogP contribution in [0.5, 0.6) is 0 Å². The quantitative estimate of drug-likeness (QED) is 0.776. The molecule has 1 aromatic carbocycles. The lowest BCUT2D eigenvalue weighted by Crippen LogP contribution is -2.16. The van der Waals surface area contributed by atoms with Gasteiger partial charge in [0.15, 0.2) is 0 Å². The van der Waals surface area contributed by atoms with E-state index in [2.05, 4.69) is 11.1 Å². The van der Waals surface area contributed by atoms with Crippen molar-refractivity contribution in [1.29, 1.82) is 5.26 Å². The molecule has 1 aromatic heterocycles. The third-order valence-electron chi connectivity index (χ3n) is 2.85. The number of nitriles is 1. The molecular weight excluding hydrogens is 280 g/mol. The Bertz CT molecular complexity index is 697. The number of rotatable bonds is 2. The minimum atomic E-state index is -0.470. The Morgan fingerprint density at radius 3 is 2.38 bits per heavy atom. The summed E-state index contributed by atoms with van der Waals surface area (Å²) >= 11 is 1.04. The maximum absolute atomic E-state index is 12.2. The Hall–Kier alpha value is -2.12. The molecule has 0 amide bonds. The molecule has 1 heterocycles. The zero-order valence-electron chi connectivity index (χ0n) is 12.3. The summed E-state index contributed by atoms with van der Waals surface area (Å²) in [5.41, 5.74) is 1.69. The number of carbonyl (C=O) groups is 1. The lowest BCUT2D eigenvalue weighted by Gasteiger charge is -2.15. The summed E-state index contributed by atoms with van der Waals surface area (Å²) in [5, 5.41) is 9.65. The van der Waals surface area contributed by atoms with E-state index in [0.29, 0.717) is 10.6 Å². The van der Waals surface area contributed by atoms with Gasteiger partial charge in [0, 0.05) is 11.0 Å². The minimum Gasteiger partial charge on any atom is -0.286 e. The lowest BCUT2D eigenvalue weighted by atomic mass is 10.00. The minimum absolute atomic E-state index is 0.00304. The Morgan fingerprint density at radius 1 is 1.14 bits per heavy atom. The monoisotopic (exact) mass is 296 g/mol. The normalized spacial score (nSPS) is 11.0. The van der Waals surface area contributed by atoms with Crippen LogP contribution in [0.25, 0.3) is 11.3 Å². The molecule has 2 aromatic rings. The van der Waals surface area contributed by atoms with E-state index in [9.17, 15) is 10.1 Å².